The molecule has 1 aliphatic rings. The molecule has 1 saturated heterocycles. The first-order valence-corrected chi connectivity index (χ1v) is 4.19. The Hall–Kier alpha value is -0.770. The lowest BCUT2D eigenvalue weighted by atomic mass is 10.0. The predicted molar refractivity (Wildman–Crippen MR) is 43.8 cm³/mol. The molecule has 1 N–H and O–H groups in total. The number of hydrogen-bond acceptors (Lipinski definition) is 3. The number of amides is 1. The molecule has 1 aliphatic heterocycles. The van der Waals surface area contributed by atoms with Crippen molar-refractivity contribution >= 4 is 6.09 Å². The van der Waals surface area contributed by atoms with Gasteiger partial charge in [-0.3, -0.25) is 4.90 Å². The maximum Gasteiger partial charge on any atom is 0.410 e. The summed E-state index contributed by atoms with van der Waals surface area (Å²) >= 11 is 0. The van der Waals surface area contributed by atoms with Crippen molar-refractivity contribution in [2.45, 2.75) is 25.8 Å². The summed E-state index contributed by atoms with van der Waals surface area (Å²) in [5, 5.41) is 9.07. The summed E-state index contributed by atoms with van der Waals surface area (Å²) in [5.74, 6) is 0. The van der Waals surface area contributed by atoms with Crippen LogP contribution in [0.1, 0.15) is 20.3 Å². The predicted octanol–water partition coefficient (Wildman–Crippen LogP) is 0.600. The minimum absolute atomic E-state index is 0.0429. The van der Waals surface area contributed by atoms with Crippen LogP contribution in [0.3, 0.4) is 0 Å². The van der Waals surface area contributed by atoms with Gasteiger partial charge in [0.1, 0.15) is 12.1 Å². The molecule has 70 valence electrons. The Labute approximate surface area is 72.1 Å². The lowest BCUT2D eigenvalue weighted by Gasteiger charge is -2.29. The van der Waals surface area contributed by atoms with E-state index in [1.807, 2.05) is 13.8 Å². The van der Waals surface area contributed by atoms with Gasteiger partial charge in [-0.2, -0.15) is 0 Å². The molecule has 0 spiro atoms. The lowest BCUT2D eigenvalue weighted by molar-refractivity contribution is 0.100. The molecule has 0 bridgehead atoms. The highest BCUT2D eigenvalue weighted by molar-refractivity contribution is 5.71. The number of cyclic esters (lactones) is 1. The van der Waals surface area contributed by atoms with Gasteiger partial charge in [0.2, 0.25) is 0 Å². The zero-order chi connectivity index (χ0) is 9.19. The van der Waals surface area contributed by atoms with Crippen LogP contribution in [0.15, 0.2) is 0 Å². The van der Waals surface area contributed by atoms with E-state index in [0.29, 0.717) is 13.2 Å². The monoisotopic (exact) mass is 173 g/mol. The van der Waals surface area contributed by atoms with Gasteiger partial charge in [-0.25, -0.2) is 4.79 Å². The smallest absolute Gasteiger partial charge is 0.410 e. The largest absolute Gasteiger partial charge is 0.447 e. The van der Waals surface area contributed by atoms with E-state index in [2.05, 4.69) is 0 Å². The molecule has 0 aromatic heterocycles. The summed E-state index contributed by atoms with van der Waals surface area (Å²) in [4.78, 5) is 12.7. The summed E-state index contributed by atoms with van der Waals surface area (Å²) < 4.78 is 4.85. The van der Waals surface area contributed by atoms with Crippen molar-refractivity contribution < 1.29 is 14.6 Å². The zero-order valence-corrected chi connectivity index (χ0v) is 7.54. The second-order valence-electron chi connectivity index (χ2n) is 3.36. The average molecular weight is 173 g/mol. The lowest BCUT2D eigenvalue weighted by Crippen LogP contribution is -2.47. The molecular weight excluding hydrogens is 158 g/mol. The van der Waals surface area contributed by atoms with E-state index < -0.39 is 5.54 Å². The van der Waals surface area contributed by atoms with Crippen LogP contribution < -0.4 is 0 Å². The van der Waals surface area contributed by atoms with Gasteiger partial charge < -0.3 is 9.84 Å². The van der Waals surface area contributed by atoms with Crippen LogP contribution in [0, 0.1) is 0 Å². The Balaban J connectivity index is 2.69. The highest BCUT2D eigenvalue weighted by Crippen LogP contribution is 2.23. The molecule has 1 atom stereocenters. The number of carbonyl (C=O) groups excluding carboxylic acids is 1. The highest BCUT2D eigenvalue weighted by atomic mass is 16.6. The van der Waals surface area contributed by atoms with Crippen molar-refractivity contribution in [3.05, 3.63) is 0 Å². The molecule has 1 fully saturated rings. The Kier molecular flexibility index (Phi) is 2.57. The van der Waals surface area contributed by atoms with E-state index in [9.17, 15) is 4.79 Å². The molecule has 1 heterocycles. The molecule has 4 heteroatoms. The maximum atomic E-state index is 11.1. The average Bonchev–Trinajstić information content (AvgIpc) is 2.34. The zero-order valence-electron chi connectivity index (χ0n) is 7.54. The topological polar surface area (TPSA) is 49.8 Å². The van der Waals surface area contributed by atoms with Crippen LogP contribution in [-0.4, -0.2) is 41.4 Å². The van der Waals surface area contributed by atoms with Gasteiger partial charge in [0, 0.05) is 6.54 Å². The molecule has 0 aliphatic carbocycles. The molecule has 0 saturated carbocycles. The van der Waals surface area contributed by atoms with E-state index in [1.54, 1.807) is 4.90 Å². The van der Waals surface area contributed by atoms with Crippen molar-refractivity contribution in [3.63, 3.8) is 0 Å². The first kappa shape index (κ1) is 9.32. The number of aliphatic hydroxyl groups excluding tert-OH is 1. The summed E-state index contributed by atoms with van der Waals surface area (Å²) in [6.45, 7) is 4.72. The third-order valence-electron chi connectivity index (χ3n) is 2.17. The van der Waals surface area contributed by atoms with Gasteiger partial charge in [0.05, 0.1) is 6.61 Å². The molecule has 0 aromatic carbocycles. The van der Waals surface area contributed by atoms with E-state index in [0.717, 1.165) is 6.42 Å². The quantitative estimate of drug-likeness (QED) is 0.680. The van der Waals surface area contributed by atoms with Gasteiger partial charge >= 0.3 is 6.09 Å². The van der Waals surface area contributed by atoms with Crippen molar-refractivity contribution in [1.82, 2.24) is 4.90 Å². The number of aliphatic hydroxyl groups is 1. The fourth-order valence-electron chi connectivity index (χ4n) is 1.31. The second-order valence-corrected chi connectivity index (χ2v) is 3.36. The van der Waals surface area contributed by atoms with E-state index in [1.165, 1.54) is 0 Å². The fourth-order valence-corrected chi connectivity index (χ4v) is 1.31. The van der Waals surface area contributed by atoms with Crippen LogP contribution >= 0.6 is 0 Å². The molecule has 4 nitrogen and oxygen atoms in total. The van der Waals surface area contributed by atoms with E-state index >= 15 is 0 Å². The van der Waals surface area contributed by atoms with Crippen LogP contribution in [0.25, 0.3) is 0 Å². The van der Waals surface area contributed by atoms with Crippen LogP contribution in [0.2, 0.25) is 0 Å². The van der Waals surface area contributed by atoms with E-state index in [4.69, 9.17) is 9.84 Å². The number of nitrogens with zero attached hydrogens (tertiary/aromatic N) is 1. The minimum atomic E-state index is -0.507. The van der Waals surface area contributed by atoms with Crippen molar-refractivity contribution in [1.29, 1.82) is 0 Å². The Morgan fingerprint density at radius 2 is 2.42 bits per heavy atom. The van der Waals surface area contributed by atoms with Crippen LogP contribution in [-0.2, 0) is 4.74 Å². The van der Waals surface area contributed by atoms with Gasteiger partial charge in [0.25, 0.3) is 0 Å². The Bertz CT molecular complexity index is 183. The third kappa shape index (κ3) is 1.39. The number of carbonyl (C=O) groups is 1. The first-order valence-electron chi connectivity index (χ1n) is 4.19. The molecule has 0 aromatic rings. The second kappa shape index (κ2) is 3.31. The SMILES string of the molecule is CCCN1C(=O)OCC1(C)CO. The minimum Gasteiger partial charge on any atom is -0.447 e. The van der Waals surface area contributed by atoms with Gasteiger partial charge in [-0.1, -0.05) is 6.92 Å². The number of hydrogen-bond donors (Lipinski definition) is 1. The molecule has 0 radical (unpaired) electrons. The highest BCUT2D eigenvalue weighted by Gasteiger charge is 2.42. The summed E-state index contributed by atoms with van der Waals surface area (Å²) in [7, 11) is 0. The summed E-state index contributed by atoms with van der Waals surface area (Å²) in [6.07, 6.45) is 0.568. The van der Waals surface area contributed by atoms with Crippen molar-refractivity contribution in [2.75, 3.05) is 19.8 Å². The first-order chi connectivity index (χ1) is 5.64. The summed E-state index contributed by atoms with van der Waals surface area (Å²) in [5.41, 5.74) is -0.507. The normalized spacial score (nSPS) is 29.2. The van der Waals surface area contributed by atoms with Crippen LogP contribution in [0.4, 0.5) is 4.79 Å². The van der Waals surface area contributed by atoms with Gasteiger partial charge in [-0.15, -0.1) is 0 Å². The molecule has 1 amide bonds. The Morgan fingerprint density at radius 1 is 1.75 bits per heavy atom. The number of rotatable bonds is 3. The molecule has 1 unspecified atom stereocenters. The molecular formula is C8H15NO3. The van der Waals surface area contributed by atoms with Crippen LogP contribution in [0.5, 0.6) is 0 Å². The molecule has 12 heavy (non-hydrogen) atoms. The van der Waals surface area contributed by atoms with Gasteiger partial charge in [-0.05, 0) is 13.3 Å². The Morgan fingerprint density at radius 3 is 2.92 bits per heavy atom. The number of ether oxygens (including phenoxy) is 1. The fraction of sp³-hybridized carbons (Fsp3) is 0.875. The third-order valence-corrected chi connectivity index (χ3v) is 2.17. The molecule has 1 rings (SSSR count). The maximum absolute atomic E-state index is 11.1. The standard InChI is InChI=1S/C8H15NO3/c1-3-4-9-7(11)12-6-8(9,2)5-10/h10H,3-6H2,1-2H3. The van der Waals surface area contributed by atoms with E-state index in [-0.39, 0.29) is 12.7 Å². The summed E-state index contributed by atoms with van der Waals surface area (Å²) in [6, 6.07) is 0. The van der Waals surface area contributed by atoms with Gasteiger partial charge in [0.15, 0.2) is 0 Å². The van der Waals surface area contributed by atoms with Crippen molar-refractivity contribution in [2.24, 2.45) is 0 Å². The van der Waals surface area contributed by atoms with Crippen molar-refractivity contribution in [3.8, 4) is 0 Å².